The summed E-state index contributed by atoms with van der Waals surface area (Å²) in [6.07, 6.45) is 0. The second-order valence-electron chi connectivity index (χ2n) is 7.75. The van der Waals surface area contributed by atoms with Crippen LogP contribution < -0.4 is 5.32 Å². The number of carbonyl (C=O) groups is 1. The topological polar surface area (TPSA) is 78.7 Å². The maximum Gasteiger partial charge on any atom is 0.293 e. The molecule has 29 heavy (non-hydrogen) atoms. The molecule has 7 heteroatoms. The zero-order chi connectivity index (χ0) is 21.0. The third-order valence-electron chi connectivity index (χ3n) is 5.50. The lowest BCUT2D eigenvalue weighted by atomic mass is 10.1. The first kappa shape index (κ1) is 21.0. The predicted molar refractivity (Wildman–Crippen MR) is 114 cm³/mol. The van der Waals surface area contributed by atoms with Crippen LogP contribution in [-0.4, -0.2) is 53.4 Å². The van der Waals surface area contributed by atoms with Crippen molar-refractivity contribution in [2.24, 2.45) is 0 Å². The molecule has 1 aliphatic rings. The number of benzene rings is 2. The van der Waals surface area contributed by atoms with E-state index in [1.165, 1.54) is 17.2 Å². The number of rotatable bonds is 6. The first-order valence-corrected chi connectivity index (χ1v) is 9.88. The van der Waals surface area contributed by atoms with Gasteiger partial charge in [-0.25, -0.2) is 0 Å². The molecule has 0 unspecified atom stereocenters. The number of amides is 1. The minimum Gasteiger partial charge on any atom is -0.319 e. The van der Waals surface area contributed by atoms with E-state index < -0.39 is 4.92 Å². The Labute approximate surface area is 171 Å². The molecule has 0 aromatic heterocycles. The smallest absolute Gasteiger partial charge is 0.293 e. The van der Waals surface area contributed by atoms with Crippen LogP contribution in [0.1, 0.15) is 22.3 Å². The summed E-state index contributed by atoms with van der Waals surface area (Å²) >= 11 is 0. The zero-order valence-corrected chi connectivity index (χ0v) is 17.3. The molecule has 0 bridgehead atoms. The predicted octanol–water partition coefficient (Wildman–Crippen LogP) is 3.28. The van der Waals surface area contributed by atoms with Crippen molar-refractivity contribution in [3.05, 3.63) is 68.8 Å². The molecule has 0 saturated carbocycles. The lowest BCUT2D eigenvalue weighted by molar-refractivity contribution is -0.384. The summed E-state index contributed by atoms with van der Waals surface area (Å²) in [7, 11) is 0. The van der Waals surface area contributed by atoms with E-state index >= 15 is 0 Å². The van der Waals surface area contributed by atoms with Gasteiger partial charge in [-0.2, -0.15) is 0 Å². The highest BCUT2D eigenvalue weighted by molar-refractivity contribution is 5.95. The molecule has 0 aliphatic carbocycles. The molecule has 1 N–H and O–H groups in total. The highest BCUT2D eigenvalue weighted by Crippen LogP contribution is 2.30. The fraction of sp³-hybridized carbons (Fsp3) is 0.409. The first-order chi connectivity index (χ1) is 13.8. The molecule has 2 aromatic rings. The van der Waals surface area contributed by atoms with Crippen LogP contribution in [-0.2, 0) is 11.3 Å². The van der Waals surface area contributed by atoms with Gasteiger partial charge in [0.25, 0.3) is 5.69 Å². The maximum absolute atomic E-state index is 12.5. The Bertz CT molecular complexity index is 905. The molecule has 7 nitrogen and oxygen atoms in total. The van der Waals surface area contributed by atoms with Crippen molar-refractivity contribution in [2.75, 3.05) is 38.0 Å². The van der Waals surface area contributed by atoms with E-state index in [-0.39, 0.29) is 18.1 Å². The normalized spacial score (nSPS) is 15.3. The van der Waals surface area contributed by atoms with Crippen LogP contribution in [0.3, 0.4) is 0 Å². The monoisotopic (exact) mass is 396 g/mol. The third-order valence-corrected chi connectivity index (χ3v) is 5.50. The Morgan fingerprint density at radius 1 is 1.07 bits per heavy atom. The van der Waals surface area contributed by atoms with Gasteiger partial charge in [-0.15, -0.1) is 0 Å². The number of hydrogen-bond donors (Lipinski definition) is 1. The van der Waals surface area contributed by atoms with E-state index in [1.807, 2.05) is 6.92 Å². The summed E-state index contributed by atoms with van der Waals surface area (Å²) in [6.45, 7) is 10.3. The van der Waals surface area contributed by atoms with Crippen LogP contribution in [0.25, 0.3) is 0 Å². The molecule has 0 atom stereocenters. The average Bonchev–Trinajstić information content (AvgIpc) is 2.67. The summed E-state index contributed by atoms with van der Waals surface area (Å²) in [5.74, 6) is -0.214. The van der Waals surface area contributed by atoms with Crippen molar-refractivity contribution in [1.29, 1.82) is 0 Å². The fourth-order valence-corrected chi connectivity index (χ4v) is 3.67. The number of piperazine rings is 1. The van der Waals surface area contributed by atoms with E-state index in [1.54, 1.807) is 13.0 Å². The van der Waals surface area contributed by atoms with Gasteiger partial charge >= 0.3 is 0 Å². The number of hydrogen-bond acceptors (Lipinski definition) is 5. The van der Waals surface area contributed by atoms with E-state index in [2.05, 4.69) is 46.3 Å². The fourth-order valence-electron chi connectivity index (χ4n) is 3.67. The molecule has 0 spiro atoms. The van der Waals surface area contributed by atoms with Crippen molar-refractivity contribution >= 4 is 17.3 Å². The summed E-state index contributed by atoms with van der Waals surface area (Å²) in [4.78, 5) is 27.9. The van der Waals surface area contributed by atoms with E-state index in [0.29, 0.717) is 5.69 Å². The molecule has 154 valence electrons. The second kappa shape index (κ2) is 9.15. The van der Waals surface area contributed by atoms with Crippen LogP contribution in [0.2, 0.25) is 0 Å². The van der Waals surface area contributed by atoms with Crippen LogP contribution in [0.4, 0.5) is 11.4 Å². The number of nitro groups is 1. The Balaban J connectivity index is 1.54. The minimum atomic E-state index is -0.452. The Morgan fingerprint density at radius 2 is 1.76 bits per heavy atom. The van der Waals surface area contributed by atoms with Gasteiger partial charge in [0.2, 0.25) is 5.91 Å². The number of nitro benzene ring substituents is 1. The molecular weight excluding hydrogens is 368 g/mol. The Hall–Kier alpha value is -2.77. The SMILES string of the molecule is Cc1cccc(CN2CCN(CC(=O)Nc3c([N+](=O)[O-])ccc(C)c3C)CC2)c1. The minimum absolute atomic E-state index is 0.0653. The summed E-state index contributed by atoms with van der Waals surface area (Å²) in [6, 6.07) is 11.7. The van der Waals surface area contributed by atoms with Gasteiger partial charge in [-0.3, -0.25) is 24.7 Å². The van der Waals surface area contributed by atoms with E-state index in [0.717, 1.165) is 43.9 Å². The van der Waals surface area contributed by atoms with Gasteiger partial charge in [0.1, 0.15) is 5.69 Å². The number of aryl methyl sites for hydroxylation is 2. The quantitative estimate of drug-likeness (QED) is 0.599. The molecule has 1 fully saturated rings. The number of carbonyl (C=O) groups excluding carboxylic acids is 1. The van der Waals surface area contributed by atoms with Crippen LogP contribution in [0.5, 0.6) is 0 Å². The Morgan fingerprint density at radius 3 is 2.41 bits per heavy atom. The standard InChI is InChI=1S/C22H28N4O3/c1-16-5-4-6-19(13-16)14-24-9-11-25(12-10-24)15-21(27)23-22-18(3)17(2)7-8-20(22)26(28)29/h4-8,13H,9-12,14-15H2,1-3H3,(H,23,27). The summed E-state index contributed by atoms with van der Waals surface area (Å²) < 4.78 is 0. The van der Waals surface area contributed by atoms with Gasteiger partial charge in [0.15, 0.2) is 0 Å². The average molecular weight is 396 g/mol. The molecule has 2 aromatic carbocycles. The van der Waals surface area contributed by atoms with Crippen molar-refractivity contribution < 1.29 is 9.72 Å². The lowest BCUT2D eigenvalue weighted by Gasteiger charge is -2.34. The van der Waals surface area contributed by atoms with Crippen LogP contribution in [0, 0.1) is 30.9 Å². The van der Waals surface area contributed by atoms with Gasteiger partial charge in [0.05, 0.1) is 11.5 Å². The van der Waals surface area contributed by atoms with Gasteiger partial charge in [0, 0.05) is 38.8 Å². The largest absolute Gasteiger partial charge is 0.319 e. The van der Waals surface area contributed by atoms with Crippen LogP contribution >= 0.6 is 0 Å². The lowest BCUT2D eigenvalue weighted by Crippen LogP contribution is -2.48. The van der Waals surface area contributed by atoms with Gasteiger partial charge < -0.3 is 5.32 Å². The summed E-state index contributed by atoms with van der Waals surface area (Å²) in [5, 5.41) is 14.1. The molecule has 1 saturated heterocycles. The van der Waals surface area contributed by atoms with Crippen molar-refractivity contribution in [1.82, 2.24) is 9.80 Å². The van der Waals surface area contributed by atoms with Gasteiger partial charge in [-0.05, 0) is 37.5 Å². The third kappa shape index (κ3) is 5.40. The molecule has 0 radical (unpaired) electrons. The molecule has 1 heterocycles. The highest BCUT2D eigenvalue weighted by Gasteiger charge is 2.22. The maximum atomic E-state index is 12.5. The first-order valence-electron chi connectivity index (χ1n) is 9.88. The second-order valence-corrected chi connectivity index (χ2v) is 7.75. The highest BCUT2D eigenvalue weighted by atomic mass is 16.6. The van der Waals surface area contributed by atoms with Crippen molar-refractivity contribution in [3.8, 4) is 0 Å². The zero-order valence-electron chi connectivity index (χ0n) is 17.3. The number of nitrogens with one attached hydrogen (secondary N) is 1. The molecular formula is C22H28N4O3. The number of anilines is 1. The van der Waals surface area contributed by atoms with E-state index in [9.17, 15) is 14.9 Å². The Kier molecular flexibility index (Phi) is 6.61. The van der Waals surface area contributed by atoms with Crippen molar-refractivity contribution in [2.45, 2.75) is 27.3 Å². The summed E-state index contributed by atoms with van der Waals surface area (Å²) in [5.41, 5.74) is 4.45. The van der Waals surface area contributed by atoms with Crippen LogP contribution in [0.15, 0.2) is 36.4 Å². The van der Waals surface area contributed by atoms with Gasteiger partial charge in [-0.1, -0.05) is 35.9 Å². The molecule has 1 aliphatic heterocycles. The van der Waals surface area contributed by atoms with E-state index in [4.69, 9.17) is 0 Å². The number of nitrogens with zero attached hydrogens (tertiary/aromatic N) is 3. The molecule has 3 rings (SSSR count). The molecule has 1 amide bonds. The van der Waals surface area contributed by atoms with Crippen molar-refractivity contribution in [3.63, 3.8) is 0 Å².